The summed E-state index contributed by atoms with van der Waals surface area (Å²) >= 11 is 1.58. The molecule has 0 aliphatic carbocycles. The molecule has 86 valence electrons. The number of nitriles is 1. The minimum atomic E-state index is -0.802. The number of pyridine rings is 1. The predicted octanol–water partition coefficient (Wildman–Crippen LogP) is 1.48. The van der Waals surface area contributed by atoms with Crippen molar-refractivity contribution < 1.29 is 5.11 Å². The Balaban J connectivity index is 2.65. The standard InChI is InChI=1S/C11H15N3OS/c1-11(15,8-16-2)7-14-10-9(6-12)4-3-5-13-10/h3-5,15H,7-8H2,1-2H3,(H,13,14). The first-order valence-electron chi connectivity index (χ1n) is 4.89. The van der Waals surface area contributed by atoms with Crippen LogP contribution in [0.25, 0.3) is 0 Å². The van der Waals surface area contributed by atoms with Crippen molar-refractivity contribution in [3.8, 4) is 6.07 Å². The van der Waals surface area contributed by atoms with Crippen molar-refractivity contribution in [1.29, 1.82) is 5.26 Å². The van der Waals surface area contributed by atoms with Crippen molar-refractivity contribution in [3.63, 3.8) is 0 Å². The van der Waals surface area contributed by atoms with Gasteiger partial charge in [0.2, 0.25) is 0 Å². The SMILES string of the molecule is CSCC(C)(O)CNc1ncccc1C#N. The second kappa shape index (κ2) is 5.73. The Kier molecular flexibility index (Phi) is 4.59. The molecule has 0 saturated heterocycles. The van der Waals surface area contributed by atoms with Gasteiger partial charge in [-0.25, -0.2) is 4.98 Å². The van der Waals surface area contributed by atoms with Gasteiger partial charge in [0.1, 0.15) is 11.9 Å². The van der Waals surface area contributed by atoms with E-state index in [1.54, 1.807) is 37.0 Å². The number of aliphatic hydroxyl groups is 1. The van der Waals surface area contributed by atoms with E-state index in [0.29, 0.717) is 23.7 Å². The summed E-state index contributed by atoms with van der Waals surface area (Å²) in [6.07, 6.45) is 3.56. The van der Waals surface area contributed by atoms with Gasteiger partial charge in [-0.15, -0.1) is 0 Å². The highest BCUT2D eigenvalue weighted by Gasteiger charge is 2.19. The molecule has 0 bridgehead atoms. The lowest BCUT2D eigenvalue weighted by Gasteiger charge is -2.22. The summed E-state index contributed by atoms with van der Waals surface area (Å²) in [6, 6.07) is 5.46. The highest BCUT2D eigenvalue weighted by molar-refractivity contribution is 7.98. The van der Waals surface area contributed by atoms with E-state index < -0.39 is 5.60 Å². The van der Waals surface area contributed by atoms with E-state index >= 15 is 0 Å². The number of aromatic nitrogens is 1. The van der Waals surface area contributed by atoms with Crippen LogP contribution in [0.15, 0.2) is 18.3 Å². The molecule has 0 fully saturated rings. The third kappa shape index (κ3) is 3.72. The van der Waals surface area contributed by atoms with Crippen LogP contribution in [0.2, 0.25) is 0 Å². The Morgan fingerprint density at radius 3 is 3.06 bits per heavy atom. The number of hydrogen-bond acceptors (Lipinski definition) is 5. The van der Waals surface area contributed by atoms with E-state index in [4.69, 9.17) is 5.26 Å². The average Bonchev–Trinajstić information content (AvgIpc) is 2.27. The van der Waals surface area contributed by atoms with Crippen molar-refractivity contribution in [2.45, 2.75) is 12.5 Å². The summed E-state index contributed by atoms with van der Waals surface area (Å²) in [6.45, 7) is 2.13. The molecular weight excluding hydrogens is 222 g/mol. The molecule has 0 amide bonds. The summed E-state index contributed by atoms with van der Waals surface area (Å²) in [5.74, 6) is 1.15. The Morgan fingerprint density at radius 1 is 1.69 bits per heavy atom. The Bertz CT molecular complexity index is 387. The minimum absolute atomic E-state index is 0.375. The summed E-state index contributed by atoms with van der Waals surface area (Å²) in [5.41, 5.74) is -0.314. The highest BCUT2D eigenvalue weighted by atomic mass is 32.2. The molecule has 1 aromatic heterocycles. The van der Waals surface area contributed by atoms with Crippen molar-refractivity contribution >= 4 is 17.6 Å². The molecule has 4 nitrogen and oxygen atoms in total. The second-order valence-corrected chi connectivity index (χ2v) is 4.66. The van der Waals surface area contributed by atoms with Crippen molar-refractivity contribution in [1.82, 2.24) is 4.98 Å². The van der Waals surface area contributed by atoms with Gasteiger partial charge < -0.3 is 10.4 Å². The van der Waals surface area contributed by atoms with Crippen LogP contribution in [-0.4, -0.2) is 34.2 Å². The second-order valence-electron chi connectivity index (χ2n) is 3.79. The van der Waals surface area contributed by atoms with E-state index in [2.05, 4.69) is 16.4 Å². The highest BCUT2D eigenvalue weighted by Crippen LogP contribution is 2.14. The monoisotopic (exact) mass is 237 g/mol. The van der Waals surface area contributed by atoms with Gasteiger partial charge in [-0.3, -0.25) is 0 Å². The smallest absolute Gasteiger partial charge is 0.143 e. The number of anilines is 1. The third-order valence-corrected chi connectivity index (χ3v) is 2.93. The van der Waals surface area contributed by atoms with E-state index in [0.717, 1.165) is 0 Å². The van der Waals surface area contributed by atoms with Crippen LogP contribution in [0.1, 0.15) is 12.5 Å². The summed E-state index contributed by atoms with van der Waals surface area (Å²) in [4.78, 5) is 4.06. The van der Waals surface area contributed by atoms with Gasteiger partial charge in [0, 0.05) is 18.5 Å². The van der Waals surface area contributed by atoms with Crippen LogP contribution in [0.5, 0.6) is 0 Å². The fourth-order valence-corrected chi connectivity index (χ4v) is 2.00. The normalized spacial score (nSPS) is 13.9. The molecule has 2 N–H and O–H groups in total. The molecule has 1 unspecified atom stereocenters. The predicted molar refractivity (Wildman–Crippen MR) is 66.4 cm³/mol. The first-order valence-corrected chi connectivity index (χ1v) is 6.29. The zero-order valence-corrected chi connectivity index (χ0v) is 10.2. The van der Waals surface area contributed by atoms with Crippen LogP contribution in [0.4, 0.5) is 5.82 Å². The maximum absolute atomic E-state index is 9.95. The van der Waals surface area contributed by atoms with Crippen LogP contribution in [-0.2, 0) is 0 Å². The fourth-order valence-electron chi connectivity index (χ4n) is 1.27. The number of nitrogens with zero attached hydrogens (tertiary/aromatic N) is 2. The van der Waals surface area contributed by atoms with Crippen molar-refractivity contribution in [2.75, 3.05) is 23.9 Å². The Morgan fingerprint density at radius 2 is 2.44 bits per heavy atom. The molecule has 1 atom stereocenters. The summed E-state index contributed by atoms with van der Waals surface area (Å²) in [7, 11) is 0. The average molecular weight is 237 g/mol. The van der Waals surface area contributed by atoms with Crippen molar-refractivity contribution in [2.24, 2.45) is 0 Å². The van der Waals surface area contributed by atoms with Gasteiger partial charge in [0.05, 0.1) is 11.2 Å². The van der Waals surface area contributed by atoms with E-state index in [9.17, 15) is 5.11 Å². The zero-order chi connectivity index (χ0) is 12.0. The molecule has 0 aliphatic heterocycles. The zero-order valence-electron chi connectivity index (χ0n) is 9.40. The van der Waals surface area contributed by atoms with Crippen LogP contribution in [0, 0.1) is 11.3 Å². The number of rotatable bonds is 5. The molecule has 0 spiro atoms. The molecule has 0 aliphatic rings. The molecule has 1 aromatic rings. The van der Waals surface area contributed by atoms with Crippen LogP contribution in [0.3, 0.4) is 0 Å². The van der Waals surface area contributed by atoms with Gasteiger partial charge in [-0.2, -0.15) is 17.0 Å². The number of hydrogen-bond donors (Lipinski definition) is 2. The molecule has 1 heterocycles. The topological polar surface area (TPSA) is 68.9 Å². The van der Waals surface area contributed by atoms with E-state index in [1.165, 1.54) is 0 Å². The lowest BCUT2D eigenvalue weighted by molar-refractivity contribution is 0.0996. The van der Waals surface area contributed by atoms with Crippen LogP contribution >= 0.6 is 11.8 Å². The van der Waals surface area contributed by atoms with E-state index in [1.807, 2.05) is 6.26 Å². The molecule has 1 rings (SSSR count). The Labute approximate surface area is 99.7 Å². The third-order valence-electron chi connectivity index (χ3n) is 2.02. The van der Waals surface area contributed by atoms with Gasteiger partial charge >= 0.3 is 0 Å². The van der Waals surface area contributed by atoms with Gasteiger partial charge in [-0.1, -0.05) is 0 Å². The maximum Gasteiger partial charge on any atom is 0.143 e. The van der Waals surface area contributed by atoms with Crippen LogP contribution < -0.4 is 5.32 Å². The number of nitrogens with one attached hydrogen (secondary N) is 1. The van der Waals surface area contributed by atoms with Gasteiger partial charge in [0.15, 0.2) is 0 Å². The summed E-state index contributed by atoms with van der Waals surface area (Å²) < 4.78 is 0. The molecule has 0 radical (unpaired) electrons. The molecule has 0 aromatic carbocycles. The molecule has 5 heteroatoms. The van der Waals surface area contributed by atoms with Crippen molar-refractivity contribution in [3.05, 3.63) is 23.9 Å². The largest absolute Gasteiger partial charge is 0.387 e. The minimum Gasteiger partial charge on any atom is -0.387 e. The Hall–Kier alpha value is -1.25. The first kappa shape index (κ1) is 12.8. The quantitative estimate of drug-likeness (QED) is 0.811. The maximum atomic E-state index is 9.95. The van der Waals surface area contributed by atoms with Gasteiger partial charge in [0.25, 0.3) is 0 Å². The fraction of sp³-hybridized carbons (Fsp3) is 0.455. The summed E-state index contributed by atoms with van der Waals surface area (Å²) in [5, 5.41) is 21.8. The van der Waals surface area contributed by atoms with E-state index in [-0.39, 0.29) is 0 Å². The molecular formula is C11H15N3OS. The lowest BCUT2D eigenvalue weighted by atomic mass is 10.1. The lowest BCUT2D eigenvalue weighted by Crippen LogP contribution is -2.36. The molecule has 0 saturated carbocycles. The van der Waals surface area contributed by atoms with Gasteiger partial charge in [-0.05, 0) is 25.3 Å². The molecule has 16 heavy (non-hydrogen) atoms. The first-order chi connectivity index (χ1) is 7.59. The number of thioether (sulfide) groups is 1.